The van der Waals surface area contributed by atoms with Crippen molar-refractivity contribution in [1.29, 1.82) is 0 Å². The molecule has 1 amide bonds. The van der Waals surface area contributed by atoms with E-state index in [1.165, 1.54) is 12.1 Å². The molecular weight excluding hydrogens is 248 g/mol. The molecule has 6 nitrogen and oxygen atoms in total. The van der Waals surface area contributed by atoms with Crippen molar-refractivity contribution in [2.75, 3.05) is 6.61 Å². The van der Waals surface area contributed by atoms with Crippen LogP contribution in [0.15, 0.2) is 18.2 Å². The molecule has 0 heterocycles. The highest BCUT2D eigenvalue weighted by atomic mass is 16.6. The lowest BCUT2D eigenvalue weighted by Crippen LogP contribution is -2.44. The Hall–Kier alpha value is -1.95. The average molecular weight is 266 g/mol. The van der Waals surface area contributed by atoms with Crippen molar-refractivity contribution < 1.29 is 14.8 Å². The predicted octanol–water partition coefficient (Wildman–Crippen LogP) is 1.79. The van der Waals surface area contributed by atoms with Crippen LogP contribution in [0.5, 0.6) is 0 Å². The maximum atomic E-state index is 12.1. The highest BCUT2D eigenvalue weighted by molar-refractivity contribution is 5.96. The molecule has 0 aliphatic heterocycles. The first-order valence-electron chi connectivity index (χ1n) is 5.95. The molecule has 0 aliphatic rings. The first-order valence-corrected chi connectivity index (χ1v) is 5.95. The van der Waals surface area contributed by atoms with Gasteiger partial charge < -0.3 is 10.4 Å². The Kier molecular flexibility index (Phi) is 4.61. The SMILES string of the molecule is Cc1ccc([N+](=O)[O-])cc1C(=O)NC(C)(C)CCO. The first-order chi connectivity index (χ1) is 8.76. The summed E-state index contributed by atoms with van der Waals surface area (Å²) >= 11 is 0. The topological polar surface area (TPSA) is 92.5 Å². The highest BCUT2D eigenvalue weighted by Gasteiger charge is 2.22. The minimum atomic E-state index is -0.567. The fraction of sp³-hybridized carbons (Fsp3) is 0.462. The normalized spacial score (nSPS) is 11.2. The number of nitro benzene ring substituents is 1. The number of aliphatic hydroxyl groups excluding tert-OH is 1. The van der Waals surface area contributed by atoms with Gasteiger partial charge in [-0.2, -0.15) is 0 Å². The van der Waals surface area contributed by atoms with E-state index in [2.05, 4.69) is 5.32 Å². The number of benzene rings is 1. The van der Waals surface area contributed by atoms with E-state index < -0.39 is 10.5 Å². The molecule has 2 N–H and O–H groups in total. The van der Waals surface area contributed by atoms with Gasteiger partial charge in [0.05, 0.1) is 4.92 Å². The molecule has 104 valence electrons. The van der Waals surface area contributed by atoms with Crippen LogP contribution in [0.1, 0.15) is 36.2 Å². The van der Waals surface area contributed by atoms with Crippen LogP contribution in [-0.2, 0) is 0 Å². The van der Waals surface area contributed by atoms with Gasteiger partial charge >= 0.3 is 0 Å². The summed E-state index contributed by atoms with van der Waals surface area (Å²) in [6.45, 7) is 5.25. The van der Waals surface area contributed by atoms with Crippen LogP contribution in [0.4, 0.5) is 5.69 Å². The fourth-order valence-corrected chi connectivity index (χ4v) is 1.68. The van der Waals surface area contributed by atoms with E-state index in [9.17, 15) is 14.9 Å². The molecule has 0 atom stereocenters. The predicted molar refractivity (Wildman–Crippen MR) is 71.1 cm³/mol. The van der Waals surface area contributed by atoms with Gasteiger partial charge in [-0.25, -0.2) is 0 Å². The summed E-state index contributed by atoms with van der Waals surface area (Å²) in [6.07, 6.45) is 0.409. The van der Waals surface area contributed by atoms with Gasteiger partial charge in [0.2, 0.25) is 0 Å². The summed E-state index contributed by atoms with van der Waals surface area (Å²) in [6, 6.07) is 4.18. The molecule has 0 spiro atoms. The Labute approximate surface area is 111 Å². The molecule has 0 bridgehead atoms. The van der Waals surface area contributed by atoms with Crippen LogP contribution in [-0.4, -0.2) is 28.1 Å². The van der Waals surface area contributed by atoms with Crippen molar-refractivity contribution in [3.8, 4) is 0 Å². The standard InChI is InChI=1S/C13H18N2O4/c1-9-4-5-10(15(18)19)8-11(9)12(17)14-13(2,3)6-7-16/h4-5,8,16H,6-7H2,1-3H3,(H,14,17). The maximum Gasteiger partial charge on any atom is 0.270 e. The Morgan fingerprint density at radius 2 is 2.11 bits per heavy atom. The van der Waals surface area contributed by atoms with Crippen LogP contribution in [0.25, 0.3) is 0 Å². The van der Waals surface area contributed by atoms with Gasteiger partial charge in [0.15, 0.2) is 0 Å². The number of hydrogen-bond donors (Lipinski definition) is 2. The summed E-state index contributed by atoms with van der Waals surface area (Å²) < 4.78 is 0. The number of aliphatic hydroxyl groups is 1. The van der Waals surface area contributed by atoms with Gasteiger partial charge in [0.1, 0.15) is 0 Å². The number of rotatable bonds is 5. The second kappa shape index (κ2) is 5.79. The Balaban J connectivity index is 2.99. The van der Waals surface area contributed by atoms with E-state index in [1.807, 2.05) is 0 Å². The quantitative estimate of drug-likeness (QED) is 0.627. The summed E-state index contributed by atoms with van der Waals surface area (Å²) in [7, 11) is 0. The minimum Gasteiger partial charge on any atom is -0.396 e. The van der Waals surface area contributed by atoms with Gasteiger partial charge in [-0.3, -0.25) is 14.9 Å². The van der Waals surface area contributed by atoms with Crippen molar-refractivity contribution in [2.45, 2.75) is 32.7 Å². The molecule has 1 aromatic carbocycles. The molecule has 0 aromatic heterocycles. The van der Waals surface area contributed by atoms with E-state index in [0.29, 0.717) is 12.0 Å². The van der Waals surface area contributed by atoms with E-state index in [0.717, 1.165) is 0 Å². The van der Waals surface area contributed by atoms with Gasteiger partial charge in [-0.05, 0) is 32.8 Å². The van der Waals surface area contributed by atoms with Crippen LogP contribution in [0.2, 0.25) is 0 Å². The third kappa shape index (κ3) is 4.03. The van der Waals surface area contributed by atoms with Crippen molar-refractivity contribution in [1.82, 2.24) is 5.32 Å². The number of carbonyl (C=O) groups excluding carboxylic acids is 1. The molecule has 6 heteroatoms. The summed E-state index contributed by atoms with van der Waals surface area (Å²) in [4.78, 5) is 22.3. The third-order valence-electron chi connectivity index (χ3n) is 2.87. The van der Waals surface area contributed by atoms with Crippen LogP contribution < -0.4 is 5.32 Å². The van der Waals surface area contributed by atoms with Crippen molar-refractivity contribution in [3.63, 3.8) is 0 Å². The van der Waals surface area contributed by atoms with Crippen molar-refractivity contribution in [2.24, 2.45) is 0 Å². The molecule has 0 unspecified atom stereocenters. The maximum absolute atomic E-state index is 12.1. The van der Waals surface area contributed by atoms with E-state index >= 15 is 0 Å². The molecule has 0 saturated carbocycles. The molecule has 1 rings (SSSR count). The number of aryl methyl sites for hydroxylation is 1. The number of nitrogens with one attached hydrogen (secondary N) is 1. The zero-order valence-corrected chi connectivity index (χ0v) is 11.3. The Morgan fingerprint density at radius 3 is 2.63 bits per heavy atom. The smallest absolute Gasteiger partial charge is 0.270 e. The lowest BCUT2D eigenvalue weighted by molar-refractivity contribution is -0.384. The van der Waals surface area contributed by atoms with Crippen LogP contribution in [0.3, 0.4) is 0 Å². The van der Waals surface area contributed by atoms with Crippen LogP contribution >= 0.6 is 0 Å². The van der Waals surface area contributed by atoms with Crippen molar-refractivity contribution in [3.05, 3.63) is 39.4 Å². The minimum absolute atomic E-state index is 0.0405. The molecular formula is C13H18N2O4. The third-order valence-corrected chi connectivity index (χ3v) is 2.87. The summed E-state index contributed by atoms with van der Waals surface area (Å²) in [5, 5.41) is 22.4. The monoisotopic (exact) mass is 266 g/mol. The van der Waals surface area contributed by atoms with Gasteiger partial charge in [-0.1, -0.05) is 6.07 Å². The number of hydrogen-bond acceptors (Lipinski definition) is 4. The zero-order valence-electron chi connectivity index (χ0n) is 11.3. The second-order valence-electron chi connectivity index (χ2n) is 5.07. The van der Waals surface area contributed by atoms with Crippen LogP contribution in [0, 0.1) is 17.0 Å². The van der Waals surface area contributed by atoms with Gasteiger partial charge in [-0.15, -0.1) is 0 Å². The zero-order chi connectivity index (χ0) is 14.6. The number of nitrogens with zero attached hydrogens (tertiary/aromatic N) is 1. The Morgan fingerprint density at radius 1 is 1.47 bits per heavy atom. The van der Waals surface area contributed by atoms with Crippen molar-refractivity contribution >= 4 is 11.6 Å². The summed E-state index contributed by atoms with van der Waals surface area (Å²) in [5.41, 5.74) is 0.266. The highest BCUT2D eigenvalue weighted by Crippen LogP contribution is 2.18. The first kappa shape index (κ1) is 15.1. The second-order valence-corrected chi connectivity index (χ2v) is 5.07. The van der Waals surface area contributed by atoms with E-state index in [-0.39, 0.29) is 23.8 Å². The van der Waals surface area contributed by atoms with Gasteiger partial charge in [0, 0.05) is 29.8 Å². The lowest BCUT2D eigenvalue weighted by atomic mass is 9.99. The number of amides is 1. The van der Waals surface area contributed by atoms with E-state index in [4.69, 9.17) is 5.11 Å². The van der Waals surface area contributed by atoms with Gasteiger partial charge in [0.25, 0.3) is 11.6 Å². The van der Waals surface area contributed by atoms with E-state index in [1.54, 1.807) is 26.8 Å². The molecule has 19 heavy (non-hydrogen) atoms. The summed E-state index contributed by atoms with van der Waals surface area (Å²) in [5.74, 6) is -0.375. The molecule has 0 aliphatic carbocycles. The number of nitro groups is 1. The molecule has 0 fully saturated rings. The average Bonchev–Trinajstić information content (AvgIpc) is 2.28. The number of carbonyl (C=O) groups is 1. The number of non-ortho nitro benzene ring substituents is 1. The molecule has 0 radical (unpaired) electrons. The Bertz CT molecular complexity index is 497. The largest absolute Gasteiger partial charge is 0.396 e. The lowest BCUT2D eigenvalue weighted by Gasteiger charge is -2.25. The fourth-order valence-electron chi connectivity index (χ4n) is 1.68. The molecule has 1 aromatic rings. The molecule has 0 saturated heterocycles.